The van der Waals surface area contributed by atoms with Gasteiger partial charge in [-0.05, 0) is 30.6 Å². The summed E-state index contributed by atoms with van der Waals surface area (Å²) in [6, 6.07) is 0. The van der Waals surface area contributed by atoms with Gasteiger partial charge >= 0.3 is 0 Å². The van der Waals surface area contributed by atoms with E-state index in [-0.39, 0.29) is 0 Å². The lowest BCUT2D eigenvalue weighted by molar-refractivity contribution is -0.146. The lowest BCUT2D eigenvalue weighted by atomic mass is 10.2. The molecule has 74 valence electrons. The van der Waals surface area contributed by atoms with Gasteiger partial charge in [0.15, 0.2) is 6.29 Å². The molecule has 0 rings (SSSR count). The van der Waals surface area contributed by atoms with Crippen LogP contribution in [0.25, 0.3) is 0 Å². The Bertz CT molecular complexity index is 340. The Hall–Kier alpha value is -1.48. The average Bonchev–Trinajstić information content (AvgIpc) is 2.16. The van der Waals surface area contributed by atoms with E-state index in [1.54, 1.807) is 6.92 Å². The van der Waals surface area contributed by atoms with E-state index < -0.39 is 18.5 Å². The molecule has 0 aromatic heterocycles. The van der Waals surface area contributed by atoms with Crippen molar-refractivity contribution in [3.63, 3.8) is 0 Å². The van der Waals surface area contributed by atoms with Gasteiger partial charge < -0.3 is 20.4 Å². The van der Waals surface area contributed by atoms with Crippen molar-refractivity contribution in [1.29, 1.82) is 0 Å². The minimum Gasteiger partial charge on any atom is -0.384 e. The summed E-state index contributed by atoms with van der Waals surface area (Å²) in [5.74, 6) is 13.9. The molecule has 4 heteroatoms. The third-order valence-corrected chi connectivity index (χ3v) is 1.16. The zero-order valence-corrected chi connectivity index (χ0v) is 7.52. The SMILES string of the molecule is CC#CC#CC#CC(O)C(O)C(O)O. The highest BCUT2D eigenvalue weighted by molar-refractivity contribution is 5.35. The fourth-order valence-electron chi connectivity index (χ4n) is 0.483. The summed E-state index contributed by atoms with van der Waals surface area (Å²) in [5.41, 5.74) is 0. The molecule has 2 atom stereocenters. The first-order chi connectivity index (χ1) is 6.59. The summed E-state index contributed by atoms with van der Waals surface area (Å²) < 4.78 is 0. The summed E-state index contributed by atoms with van der Waals surface area (Å²) in [6.07, 6.45) is -5.29. The van der Waals surface area contributed by atoms with Crippen molar-refractivity contribution in [3.8, 4) is 35.5 Å². The first-order valence-corrected chi connectivity index (χ1v) is 3.74. The number of aliphatic hydroxyl groups excluding tert-OH is 3. The van der Waals surface area contributed by atoms with Gasteiger partial charge in [-0.3, -0.25) is 0 Å². The fourth-order valence-corrected chi connectivity index (χ4v) is 0.483. The maximum atomic E-state index is 9.00. The number of aliphatic hydroxyl groups is 4. The maximum Gasteiger partial charge on any atom is 0.181 e. The highest BCUT2D eigenvalue weighted by atomic mass is 16.5. The molecule has 0 amide bonds. The summed E-state index contributed by atoms with van der Waals surface area (Å²) in [4.78, 5) is 0. The number of rotatable bonds is 2. The molecule has 0 saturated heterocycles. The van der Waals surface area contributed by atoms with Gasteiger partial charge in [0.05, 0.1) is 0 Å². The molecule has 0 fully saturated rings. The van der Waals surface area contributed by atoms with Crippen LogP contribution in [0, 0.1) is 35.5 Å². The second-order valence-electron chi connectivity index (χ2n) is 2.24. The quantitative estimate of drug-likeness (QED) is 0.304. The molecule has 0 aliphatic heterocycles. The van der Waals surface area contributed by atoms with Gasteiger partial charge in [-0.1, -0.05) is 11.8 Å². The van der Waals surface area contributed by atoms with E-state index in [4.69, 9.17) is 20.4 Å². The van der Waals surface area contributed by atoms with E-state index in [9.17, 15) is 0 Å². The smallest absolute Gasteiger partial charge is 0.181 e. The second kappa shape index (κ2) is 6.97. The van der Waals surface area contributed by atoms with Gasteiger partial charge in [-0.2, -0.15) is 0 Å². The molecule has 2 unspecified atom stereocenters. The predicted octanol–water partition coefficient (Wildman–Crippen LogP) is -1.95. The molecule has 0 heterocycles. The zero-order valence-electron chi connectivity index (χ0n) is 7.52. The second-order valence-corrected chi connectivity index (χ2v) is 2.24. The van der Waals surface area contributed by atoms with Crippen LogP contribution >= 0.6 is 0 Å². The van der Waals surface area contributed by atoms with E-state index in [2.05, 4.69) is 35.5 Å². The Morgan fingerprint density at radius 3 is 1.93 bits per heavy atom. The Kier molecular flexibility index (Phi) is 6.24. The largest absolute Gasteiger partial charge is 0.384 e. The predicted molar refractivity (Wildman–Crippen MR) is 49.2 cm³/mol. The molecular formula is C10H10O4. The topological polar surface area (TPSA) is 80.9 Å². The Morgan fingerprint density at radius 1 is 0.857 bits per heavy atom. The Labute approximate surface area is 82.2 Å². The molecule has 14 heavy (non-hydrogen) atoms. The highest BCUT2D eigenvalue weighted by Gasteiger charge is 2.20. The van der Waals surface area contributed by atoms with Crippen LogP contribution in [0.5, 0.6) is 0 Å². The summed E-state index contributed by atoms with van der Waals surface area (Å²) in [5, 5.41) is 34.8. The maximum absolute atomic E-state index is 9.00. The van der Waals surface area contributed by atoms with Crippen LogP contribution in [0.1, 0.15) is 6.92 Å². The number of hydrogen-bond donors (Lipinski definition) is 4. The van der Waals surface area contributed by atoms with E-state index in [1.807, 2.05) is 0 Å². The van der Waals surface area contributed by atoms with Crippen molar-refractivity contribution in [2.45, 2.75) is 25.4 Å². The normalized spacial score (nSPS) is 12.4. The number of hydrogen-bond acceptors (Lipinski definition) is 4. The van der Waals surface area contributed by atoms with Crippen LogP contribution in [0.2, 0.25) is 0 Å². The third-order valence-electron chi connectivity index (χ3n) is 1.16. The molecule has 0 radical (unpaired) electrons. The van der Waals surface area contributed by atoms with Crippen molar-refractivity contribution in [2.75, 3.05) is 0 Å². The Balaban J connectivity index is 4.23. The van der Waals surface area contributed by atoms with Crippen LogP contribution in [-0.2, 0) is 0 Å². The molecule has 0 aromatic rings. The van der Waals surface area contributed by atoms with Gasteiger partial charge in [0.1, 0.15) is 12.2 Å². The van der Waals surface area contributed by atoms with Gasteiger partial charge in [-0.25, -0.2) is 0 Å². The van der Waals surface area contributed by atoms with Crippen molar-refractivity contribution < 1.29 is 20.4 Å². The molecule has 0 aliphatic carbocycles. The zero-order chi connectivity index (χ0) is 11.0. The summed E-state index contributed by atoms with van der Waals surface area (Å²) in [7, 11) is 0. The average molecular weight is 194 g/mol. The van der Waals surface area contributed by atoms with Crippen LogP contribution in [0.4, 0.5) is 0 Å². The first-order valence-electron chi connectivity index (χ1n) is 3.74. The summed E-state index contributed by atoms with van der Waals surface area (Å²) >= 11 is 0. The van der Waals surface area contributed by atoms with E-state index in [0.717, 1.165) is 0 Å². The standard InChI is InChI=1S/C10H10O4/c1-2-3-4-5-6-7-8(11)9(12)10(13)14/h8-14H,1H3. The van der Waals surface area contributed by atoms with Crippen molar-refractivity contribution >= 4 is 0 Å². The molecule has 0 saturated carbocycles. The van der Waals surface area contributed by atoms with Crippen molar-refractivity contribution in [1.82, 2.24) is 0 Å². The summed E-state index contributed by atoms with van der Waals surface area (Å²) in [6.45, 7) is 1.61. The van der Waals surface area contributed by atoms with Gasteiger partial charge in [0.25, 0.3) is 0 Å². The fraction of sp³-hybridized carbons (Fsp3) is 0.400. The van der Waals surface area contributed by atoms with E-state index >= 15 is 0 Å². The molecule has 0 bridgehead atoms. The van der Waals surface area contributed by atoms with E-state index in [1.165, 1.54) is 0 Å². The van der Waals surface area contributed by atoms with E-state index in [0.29, 0.717) is 0 Å². The van der Waals surface area contributed by atoms with Crippen LogP contribution in [0.3, 0.4) is 0 Å². The first kappa shape index (κ1) is 12.5. The van der Waals surface area contributed by atoms with Crippen LogP contribution < -0.4 is 0 Å². The molecule has 0 aromatic carbocycles. The Morgan fingerprint density at radius 2 is 1.43 bits per heavy atom. The molecule has 0 aliphatic rings. The van der Waals surface area contributed by atoms with Gasteiger partial charge in [0.2, 0.25) is 0 Å². The molecular weight excluding hydrogens is 184 g/mol. The molecule has 4 N–H and O–H groups in total. The minimum absolute atomic E-state index is 1.54. The van der Waals surface area contributed by atoms with Crippen LogP contribution in [-0.4, -0.2) is 38.9 Å². The lowest BCUT2D eigenvalue weighted by Crippen LogP contribution is -2.36. The van der Waals surface area contributed by atoms with Crippen molar-refractivity contribution in [2.24, 2.45) is 0 Å². The highest BCUT2D eigenvalue weighted by Crippen LogP contribution is 1.95. The van der Waals surface area contributed by atoms with Crippen LogP contribution in [0.15, 0.2) is 0 Å². The van der Waals surface area contributed by atoms with Gasteiger partial charge in [-0.15, -0.1) is 0 Å². The van der Waals surface area contributed by atoms with Crippen molar-refractivity contribution in [3.05, 3.63) is 0 Å². The molecule has 4 nitrogen and oxygen atoms in total. The molecule has 0 spiro atoms. The monoisotopic (exact) mass is 194 g/mol. The third kappa shape index (κ3) is 5.22. The minimum atomic E-state index is -2.03. The van der Waals surface area contributed by atoms with Gasteiger partial charge in [0, 0.05) is 0 Å². The lowest BCUT2D eigenvalue weighted by Gasteiger charge is -2.13.